The molecule has 0 saturated heterocycles. The first-order valence-electron chi connectivity index (χ1n) is 6.88. The molecule has 0 amide bonds. The van der Waals surface area contributed by atoms with E-state index in [0.717, 1.165) is 16.8 Å². The number of aromatic nitrogens is 1. The van der Waals surface area contributed by atoms with Gasteiger partial charge in [-0.1, -0.05) is 54.9 Å². The highest BCUT2D eigenvalue weighted by atomic mass is 35.5. The van der Waals surface area contributed by atoms with Crippen LogP contribution in [0.4, 0.5) is 0 Å². The molecular formula is C18H16ClN. The van der Waals surface area contributed by atoms with E-state index in [1.807, 2.05) is 30.6 Å². The Hall–Kier alpha value is -1.86. The fourth-order valence-corrected chi connectivity index (χ4v) is 3.03. The van der Waals surface area contributed by atoms with E-state index in [4.69, 9.17) is 11.6 Å². The van der Waals surface area contributed by atoms with Crippen molar-refractivity contribution >= 4 is 22.4 Å². The summed E-state index contributed by atoms with van der Waals surface area (Å²) in [5.74, 6) is 0.353. The molecule has 1 heterocycles. The number of rotatable bonds is 3. The topological polar surface area (TPSA) is 12.9 Å². The van der Waals surface area contributed by atoms with Crippen molar-refractivity contribution < 1.29 is 0 Å². The molecule has 0 aliphatic carbocycles. The Balaban J connectivity index is 2.21. The van der Waals surface area contributed by atoms with Crippen LogP contribution >= 0.6 is 11.6 Å². The maximum atomic E-state index is 6.31. The minimum atomic E-state index is 0.353. The van der Waals surface area contributed by atoms with Gasteiger partial charge in [-0.3, -0.25) is 4.98 Å². The van der Waals surface area contributed by atoms with Crippen molar-refractivity contribution in [2.45, 2.75) is 19.3 Å². The molecule has 1 nitrogen and oxygen atoms in total. The van der Waals surface area contributed by atoms with Gasteiger partial charge in [-0.15, -0.1) is 0 Å². The number of hydrogen-bond donors (Lipinski definition) is 0. The van der Waals surface area contributed by atoms with E-state index in [0.29, 0.717) is 5.92 Å². The lowest BCUT2D eigenvalue weighted by atomic mass is 9.87. The van der Waals surface area contributed by atoms with Crippen molar-refractivity contribution in [3.05, 3.63) is 77.1 Å². The molecule has 3 aromatic rings. The first-order valence-corrected chi connectivity index (χ1v) is 7.26. The van der Waals surface area contributed by atoms with E-state index in [2.05, 4.69) is 42.2 Å². The molecule has 2 aromatic carbocycles. The lowest BCUT2D eigenvalue weighted by Gasteiger charge is -2.18. The molecule has 0 bridgehead atoms. The third kappa shape index (κ3) is 2.30. The molecule has 2 heteroatoms. The Morgan fingerprint density at radius 3 is 2.50 bits per heavy atom. The molecule has 0 saturated carbocycles. The number of hydrogen-bond acceptors (Lipinski definition) is 1. The second-order valence-corrected chi connectivity index (χ2v) is 5.34. The van der Waals surface area contributed by atoms with Gasteiger partial charge in [0.2, 0.25) is 0 Å². The molecule has 0 aliphatic rings. The first-order chi connectivity index (χ1) is 9.81. The van der Waals surface area contributed by atoms with Crippen molar-refractivity contribution in [2.75, 3.05) is 0 Å². The van der Waals surface area contributed by atoms with Gasteiger partial charge in [-0.05, 0) is 35.1 Å². The second kappa shape index (κ2) is 5.64. The van der Waals surface area contributed by atoms with Crippen molar-refractivity contribution in [3.8, 4) is 0 Å². The van der Waals surface area contributed by atoms with E-state index in [1.54, 1.807) is 0 Å². The molecule has 0 spiro atoms. The van der Waals surface area contributed by atoms with Crippen LogP contribution < -0.4 is 0 Å². The molecule has 1 aromatic heterocycles. The zero-order valence-corrected chi connectivity index (χ0v) is 12.1. The predicted octanol–water partition coefficient (Wildman–Crippen LogP) is 5.43. The number of nitrogens with zero attached hydrogens (tertiary/aromatic N) is 1. The van der Waals surface area contributed by atoms with Gasteiger partial charge in [0.1, 0.15) is 0 Å². The minimum absolute atomic E-state index is 0.353. The van der Waals surface area contributed by atoms with Gasteiger partial charge >= 0.3 is 0 Å². The van der Waals surface area contributed by atoms with Crippen LogP contribution in [0.25, 0.3) is 10.8 Å². The van der Waals surface area contributed by atoms with Crippen molar-refractivity contribution in [1.29, 1.82) is 0 Å². The summed E-state index contributed by atoms with van der Waals surface area (Å²) < 4.78 is 0. The van der Waals surface area contributed by atoms with Gasteiger partial charge in [0.15, 0.2) is 0 Å². The Kier molecular flexibility index (Phi) is 3.70. The number of halogens is 1. The van der Waals surface area contributed by atoms with Gasteiger partial charge in [-0.2, -0.15) is 0 Å². The average Bonchev–Trinajstić information content (AvgIpc) is 2.52. The molecule has 20 heavy (non-hydrogen) atoms. The summed E-state index contributed by atoms with van der Waals surface area (Å²) in [6.07, 6.45) is 4.81. The first kappa shape index (κ1) is 13.1. The van der Waals surface area contributed by atoms with Crippen LogP contribution in [0.2, 0.25) is 5.02 Å². The number of fused-ring (bicyclic) bond motifs is 1. The Morgan fingerprint density at radius 2 is 1.80 bits per heavy atom. The fourth-order valence-electron chi connectivity index (χ4n) is 2.81. The van der Waals surface area contributed by atoms with Crippen LogP contribution in [0.3, 0.4) is 0 Å². The summed E-state index contributed by atoms with van der Waals surface area (Å²) in [6, 6.07) is 16.6. The summed E-state index contributed by atoms with van der Waals surface area (Å²) in [4.78, 5) is 4.25. The van der Waals surface area contributed by atoms with E-state index in [9.17, 15) is 0 Å². The summed E-state index contributed by atoms with van der Waals surface area (Å²) >= 11 is 6.31. The van der Waals surface area contributed by atoms with Gasteiger partial charge in [0.05, 0.1) is 0 Å². The van der Waals surface area contributed by atoms with Crippen molar-refractivity contribution in [1.82, 2.24) is 4.98 Å². The highest BCUT2D eigenvalue weighted by molar-refractivity contribution is 6.35. The van der Waals surface area contributed by atoms with Crippen LogP contribution in [0.1, 0.15) is 30.4 Å². The Morgan fingerprint density at radius 1 is 1.00 bits per heavy atom. The van der Waals surface area contributed by atoms with Gasteiger partial charge < -0.3 is 0 Å². The van der Waals surface area contributed by atoms with Gasteiger partial charge in [0.25, 0.3) is 0 Å². The molecule has 0 aliphatic heterocycles. The SMILES string of the molecule is CCC(c1cccnc1)c1ccc(Cl)c2ccccc12. The molecule has 0 radical (unpaired) electrons. The molecule has 1 atom stereocenters. The van der Waals surface area contributed by atoms with Crippen LogP contribution in [-0.2, 0) is 0 Å². The summed E-state index contributed by atoms with van der Waals surface area (Å²) in [6.45, 7) is 2.21. The summed E-state index contributed by atoms with van der Waals surface area (Å²) in [5, 5.41) is 3.16. The number of pyridine rings is 1. The molecule has 100 valence electrons. The second-order valence-electron chi connectivity index (χ2n) is 4.93. The summed E-state index contributed by atoms with van der Waals surface area (Å²) in [7, 11) is 0. The van der Waals surface area contributed by atoms with Crippen LogP contribution in [0, 0.1) is 0 Å². The monoisotopic (exact) mass is 281 g/mol. The quantitative estimate of drug-likeness (QED) is 0.624. The zero-order valence-electron chi connectivity index (χ0n) is 11.4. The molecule has 0 N–H and O–H groups in total. The van der Waals surface area contributed by atoms with E-state index < -0.39 is 0 Å². The Bertz CT molecular complexity index is 722. The maximum Gasteiger partial charge on any atom is 0.0484 e. The molecular weight excluding hydrogens is 266 g/mol. The molecule has 3 rings (SSSR count). The van der Waals surface area contributed by atoms with Crippen LogP contribution in [0.15, 0.2) is 60.9 Å². The molecule has 1 unspecified atom stereocenters. The van der Waals surface area contributed by atoms with Gasteiger partial charge in [0, 0.05) is 28.7 Å². The zero-order chi connectivity index (χ0) is 13.9. The van der Waals surface area contributed by atoms with E-state index in [-0.39, 0.29) is 0 Å². The van der Waals surface area contributed by atoms with Crippen molar-refractivity contribution in [3.63, 3.8) is 0 Å². The minimum Gasteiger partial charge on any atom is -0.264 e. The van der Waals surface area contributed by atoms with Crippen molar-refractivity contribution in [2.24, 2.45) is 0 Å². The maximum absolute atomic E-state index is 6.31. The number of benzene rings is 2. The average molecular weight is 282 g/mol. The fraction of sp³-hybridized carbons (Fsp3) is 0.167. The van der Waals surface area contributed by atoms with Crippen LogP contribution in [-0.4, -0.2) is 4.98 Å². The Labute approximate surface area is 124 Å². The molecule has 0 fully saturated rings. The van der Waals surface area contributed by atoms with Gasteiger partial charge in [-0.25, -0.2) is 0 Å². The smallest absolute Gasteiger partial charge is 0.0484 e. The normalized spacial score (nSPS) is 12.5. The predicted molar refractivity (Wildman–Crippen MR) is 85.3 cm³/mol. The highest BCUT2D eigenvalue weighted by Crippen LogP contribution is 2.35. The third-order valence-corrected chi connectivity index (χ3v) is 4.10. The standard InChI is InChI=1S/C18H16ClN/c1-2-14(13-6-5-11-20-12-13)16-9-10-18(19)17-8-4-3-7-15(16)17/h3-12,14H,2H2,1H3. The largest absolute Gasteiger partial charge is 0.264 e. The third-order valence-electron chi connectivity index (χ3n) is 3.78. The lowest BCUT2D eigenvalue weighted by molar-refractivity contribution is 0.779. The summed E-state index contributed by atoms with van der Waals surface area (Å²) in [5.41, 5.74) is 2.57. The van der Waals surface area contributed by atoms with E-state index in [1.165, 1.54) is 16.5 Å². The lowest BCUT2D eigenvalue weighted by Crippen LogP contribution is -2.01. The highest BCUT2D eigenvalue weighted by Gasteiger charge is 2.15. The van der Waals surface area contributed by atoms with E-state index >= 15 is 0 Å². The van der Waals surface area contributed by atoms with Crippen LogP contribution in [0.5, 0.6) is 0 Å².